The number of likely N-dealkylation sites (N-methyl/N-ethyl adjacent to an activating group) is 1. The minimum Gasteiger partial charge on any atom is -0.477 e. The standard InChI is InChI=1S/C13H23N3O/c1-4-7-17-13-10-14-9-12(16-13)8-11(5-2)15-6-3/h9-11,15H,4-8H2,1-3H3. The van der Waals surface area contributed by atoms with Gasteiger partial charge in [-0.3, -0.25) is 4.98 Å². The maximum atomic E-state index is 5.48. The van der Waals surface area contributed by atoms with E-state index in [1.54, 1.807) is 6.20 Å². The molecular weight excluding hydrogens is 214 g/mol. The first-order valence-corrected chi connectivity index (χ1v) is 6.47. The summed E-state index contributed by atoms with van der Waals surface area (Å²) >= 11 is 0. The molecule has 0 amide bonds. The van der Waals surface area contributed by atoms with Gasteiger partial charge >= 0.3 is 0 Å². The minimum absolute atomic E-state index is 0.468. The van der Waals surface area contributed by atoms with Gasteiger partial charge in [-0.1, -0.05) is 20.8 Å². The molecule has 17 heavy (non-hydrogen) atoms. The first kappa shape index (κ1) is 13.9. The van der Waals surface area contributed by atoms with Crippen LogP contribution >= 0.6 is 0 Å². The zero-order chi connectivity index (χ0) is 12.5. The molecule has 1 heterocycles. The van der Waals surface area contributed by atoms with Crippen LogP contribution in [0.3, 0.4) is 0 Å². The lowest BCUT2D eigenvalue weighted by atomic mass is 10.1. The number of nitrogens with one attached hydrogen (secondary N) is 1. The fourth-order valence-electron chi connectivity index (χ4n) is 1.66. The molecule has 0 aliphatic heterocycles. The molecule has 1 atom stereocenters. The highest BCUT2D eigenvalue weighted by molar-refractivity contribution is 5.09. The fourth-order valence-corrected chi connectivity index (χ4v) is 1.66. The predicted octanol–water partition coefficient (Wildman–Crippen LogP) is 2.20. The maximum Gasteiger partial charge on any atom is 0.232 e. The normalized spacial score (nSPS) is 12.4. The van der Waals surface area contributed by atoms with Crippen LogP contribution in [0.25, 0.3) is 0 Å². The second-order valence-corrected chi connectivity index (χ2v) is 4.06. The van der Waals surface area contributed by atoms with Gasteiger partial charge in [0.05, 0.1) is 18.5 Å². The van der Waals surface area contributed by atoms with Crippen molar-refractivity contribution in [2.45, 2.75) is 46.1 Å². The van der Waals surface area contributed by atoms with E-state index in [0.717, 1.165) is 31.5 Å². The van der Waals surface area contributed by atoms with Crippen molar-refractivity contribution in [2.24, 2.45) is 0 Å². The molecule has 0 aromatic carbocycles. The number of hydrogen-bond donors (Lipinski definition) is 1. The molecule has 1 unspecified atom stereocenters. The quantitative estimate of drug-likeness (QED) is 0.753. The molecule has 0 fully saturated rings. The van der Waals surface area contributed by atoms with Gasteiger partial charge in [-0.2, -0.15) is 0 Å². The van der Waals surface area contributed by atoms with E-state index < -0.39 is 0 Å². The lowest BCUT2D eigenvalue weighted by molar-refractivity contribution is 0.302. The second-order valence-electron chi connectivity index (χ2n) is 4.06. The summed E-state index contributed by atoms with van der Waals surface area (Å²) in [6.45, 7) is 8.06. The molecule has 1 N–H and O–H groups in total. The Morgan fingerprint density at radius 1 is 1.29 bits per heavy atom. The van der Waals surface area contributed by atoms with E-state index in [4.69, 9.17) is 4.74 Å². The molecule has 1 rings (SSSR count). The molecule has 0 aliphatic rings. The Morgan fingerprint density at radius 3 is 2.76 bits per heavy atom. The molecule has 1 aromatic heterocycles. The summed E-state index contributed by atoms with van der Waals surface area (Å²) in [5.74, 6) is 0.635. The SMILES string of the molecule is CCCOc1cncc(CC(CC)NCC)n1. The van der Waals surface area contributed by atoms with Crippen molar-refractivity contribution in [3.63, 3.8) is 0 Å². The third-order valence-corrected chi connectivity index (χ3v) is 2.56. The van der Waals surface area contributed by atoms with E-state index in [0.29, 0.717) is 18.5 Å². The van der Waals surface area contributed by atoms with Gasteiger partial charge in [0.2, 0.25) is 5.88 Å². The third-order valence-electron chi connectivity index (χ3n) is 2.56. The number of nitrogens with zero attached hydrogens (tertiary/aromatic N) is 2. The van der Waals surface area contributed by atoms with Gasteiger partial charge in [-0.15, -0.1) is 0 Å². The molecule has 0 radical (unpaired) electrons. The van der Waals surface area contributed by atoms with E-state index in [1.807, 2.05) is 6.20 Å². The van der Waals surface area contributed by atoms with E-state index in [9.17, 15) is 0 Å². The van der Waals surface area contributed by atoms with Crippen molar-refractivity contribution in [3.05, 3.63) is 18.1 Å². The summed E-state index contributed by atoms with van der Waals surface area (Å²) in [5, 5.41) is 3.43. The summed E-state index contributed by atoms with van der Waals surface area (Å²) in [6, 6.07) is 0.468. The van der Waals surface area contributed by atoms with Crippen molar-refractivity contribution >= 4 is 0 Å². The largest absolute Gasteiger partial charge is 0.477 e. The molecule has 96 valence electrons. The highest BCUT2D eigenvalue weighted by Crippen LogP contribution is 2.08. The van der Waals surface area contributed by atoms with Crippen molar-refractivity contribution in [3.8, 4) is 5.88 Å². The molecule has 0 saturated heterocycles. The molecule has 0 bridgehead atoms. The predicted molar refractivity (Wildman–Crippen MR) is 69.3 cm³/mol. The first-order valence-electron chi connectivity index (χ1n) is 6.47. The Balaban J connectivity index is 2.57. The van der Waals surface area contributed by atoms with Crippen LogP contribution in [-0.4, -0.2) is 29.2 Å². The van der Waals surface area contributed by atoms with E-state index in [2.05, 4.69) is 36.1 Å². The average molecular weight is 237 g/mol. The monoisotopic (exact) mass is 237 g/mol. The zero-order valence-corrected chi connectivity index (χ0v) is 11.1. The number of aromatic nitrogens is 2. The van der Waals surface area contributed by atoms with Gasteiger partial charge < -0.3 is 10.1 Å². The van der Waals surface area contributed by atoms with Crippen LogP contribution in [0.2, 0.25) is 0 Å². The number of rotatable bonds is 8. The Kier molecular flexibility index (Phi) is 6.55. The lowest BCUT2D eigenvalue weighted by Crippen LogP contribution is -2.30. The topological polar surface area (TPSA) is 47.0 Å². The van der Waals surface area contributed by atoms with Gasteiger partial charge in [0.15, 0.2) is 0 Å². The van der Waals surface area contributed by atoms with Gasteiger partial charge in [0.1, 0.15) is 0 Å². The van der Waals surface area contributed by atoms with Crippen molar-refractivity contribution < 1.29 is 4.74 Å². The van der Waals surface area contributed by atoms with E-state index in [1.165, 1.54) is 0 Å². The van der Waals surface area contributed by atoms with Crippen LogP contribution in [0, 0.1) is 0 Å². The molecular formula is C13H23N3O. The highest BCUT2D eigenvalue weighted by atomic mass is 16.5. The summed E-state index contributed by atoms with van der Waals surface area (Å²) in [6.07, 6.45) is 6.48. The Hall–Kier alpha value is -1.16. The summed E-state index contributed by atoms with van der Waals surface area (Å²) in [4.78, 5) is 8.63. The van der Waals surface area contributed by atoms with Crippen LogP contribution in [0.1, 0.15) is 39.3 Å². The highest BCUT2D eigenvalue weighted by Gasteiger charge is 2.08. The first-order chi connectivity index (χ1) is 8.30. The molecule has 4 nitrogen and oxygen atoms in total. The van der Waals surface area contributed by atoms with Crippen LogP contribution in [-0.2, 0) is 6.42 Å². The Labute approximate surface area is 104 Å². The second kappa shape index (κ2) is 8.01. The minimum atomic E-state index is 0.468. The van der Waals surface area contributed by atoms with Crippen molar-refractivity contribution in [1.29, 1.82) is 0 Å². The summed E-state index contributed by atoms with van der Waals surface area (Å²) < 4.78 is 5.48. The van der Waals surface area contributed by atoms with Gasteiger partial charge in [-0.25, -0.2) is 4.98 Å². The molecule has 1 aromatic rings. The molecule has 0 saturated carbocycles. The van der Waals surface area contributed by atoms with E-state index >= 15 is 0 Å². The summed E-state index contributed by atoms with van der Waals surface area (Å²) in [5.41, 5.74) is 0.992. The van der Waals surface area contributed by atoms with Crippen molar-refractivity contribution in [1.82, 2.24) is 15.3 Å². The number of ether oxygens (including phenoxy) is 1. The Morgan fingerprint density at radius 2 is 2.12 bits per heavy atom. The maximum absolute atomic E-state index is 5.48. The van der Waals surface area contributed by atoms with Crippen LogP contribution < -0.4 is 10.1 Å². The van der Waals surface area contributed by atoms with Gasteiger partial charge in [-0.05, 0) is 19.4 Å². The van der Waals surface area contributed by atoms with Crippen LogP contribution in [0.15, 0.2) is 12.4 Å². The third kappa shape index (κ3) is 5.13. The lowest BCUT2D eigenvalue weighted by Gasteiger charge is -2.15. The molecule has 4 heteroatoms. The smallest absolute Gasteiger partial charge is 0.232 e. The van der Waals surface area contributed by atoms with Crippen LogP contribution in [0.5, 0.6) is 5.88 Å². The molecule has 0 aliphatic carbocycles. The fraction of sp³-hybridized carbons (Fsp3) is 0.692. The van der Waals surface area contributed by atoms with Gasteiger partial charge in [0, 0.05) is 18.7 Å². The van der Waals surface area contributed by atoms with Crippen molar-refractivity contribution in [2.75, 3.05) is 13.2 Å². The summed E-state index contributed by atoms with van der Waals surface area (Å²) in [7, 11) is 0. The molecule has 0 spiro atoms. The zero-order valence-electron chi connectivity index (χ0n) is 11.1. The van der Waals surface area contributed by atoms with Gasteiger partial charge in [0.25, 0.3) is 0 Å². The van der Waals surface area contributed by atoms with E-state index in [-0.39, 0.29) is 0 Å². The Bertz CT molecular complexity index is 317. The number of hydrogen-bond acceptors (Lipinski definition) is 4. The van der Waals surface area contributed by atoms with Crippen LogP contribution in [0.4, 0.5) is 0 Å². The average Bonchev–Trinajstić information content (AvgIpc) is 2.36.